The van der Waals surface area contributed by atoms with Crippen LogP contribution >= 0.6 is 15.9 Å². The Morgan fingerprint density at radius 1 is 1.45 bits per heavy atom. The summed E-state index contributed by atoms with van der Waals surface area (Å²) in [6.07, 6.45) is 2.53. The van der Waals surface area contributed by atoms with Crippen LogP contribution in [0.25, 0.3) is 0 Å². The van der Waals surface area contributed by atoms with Gasteiger partial charge in [0.2, 0.25) is 0 Å². The third kappa shape index (κ3) is 1.63. The van der Waals surface area contributed by atoms with Crippen LogP contribution in [0.1, 0.15) is 17.5 Å². The van der Waals surface area contributed by atoms with Gasteiger partial charge in [-0.2, -0.15) is 0 Å². The van der Waals surface area contributed by atoms with Gasteiger partial charge in [0.05, 0.1) is 4.83 Å². The van der Waals surface area contributed by atoms with E-state index in [1.807, 2.05) is 12.1 Å². The Morgan fingerprint density at radius 3 is 3.00 bits per heavy atom. The molecule has 1 saturated heterocycles. The van der Waals surface area contributed by atoms with Gasteiger partial charge in [0.15, 0.2) is 0 Å². The van der Waals surface area contributed by atoms with E-state index in [-0.39, 0.29) is 16.6 Å². The molecule has 2 bridgehead atoms. The minimum Gasteiger partial charge on any atom is -0.508 e. The molecule has 4 atom stereocenters. The largest absolute Gasteiger partial charge is 0.508 e. The van der Waals surface area contributed by atoms with Gasteiger partial charge >= 0.3 is 0 Å². The fourth-order valence-electron chi connectivity index (χ4n) is 4.60. The topological polar surface area (TPSA) is 23.5 Å². The SMILES string of the molecule is C=C1[C@H](F)[C@H](Br)C=C2C3Cc4cccc(O)c4C12CCN3C. The standard InChI is InChI=1S/C18H19BrFNO/c1-10-17(20)13(19)9-12-14-8-11-4-3-5-15(22)16(11)18(10,12)6-7-21(14)2/h3-5,9,13-14,17,22H,1,6-8H2,2H3/t13-,14?,17+,18?/m1/s1. The Hall–Kier alpha value is -1.13. The molecule has 3 aliphatic rings. The highest BCUT2D eigenvalue weighted by molar-refractivity contribution is 9.09. The lowest BCUT2D eigenvalue weighted by Gasteiger charge is -2.56. The van der Waals surface area contributed by atoms with Crippen molar-refractivity contribution in [2.75, 3.05) is 13.6 Å². The van der Waals surface area contributed by atoms with Gasteiger partial charge in [-0.15, -0.1) is 0 Å². The first kappa shape index (κ1) is 14.5. The van der Waals surface area contributed by atoms with E-state index in [9.17, 15) is 9.50 Å². The van der Waals surface area contributed by atoms with Crippen LogP contribution in [-0.4, -0.2) is 40.6 Å². The molecule has 4 heteroatoms. The highest BCUT2D eigenvalue weighted by Crippen LogP contribution is 2.58. The van der Waals surface area contributed by atoms with Crippen LogP contribution in [0.4, 0.5) is 4.39 Å². The van der Waals surface area contributed by atoms with Crippen molar-refractivity contribution in [3.05, 3.63) is 53.1 Å². The van der Waals surface area contributed by atoms with E-state index in [1.165, 1.54) is 5.57 Å². The summed E-state index contributed by atoms with van der Waals surface area (Å²) in [5.41, 5.74) is 3.26. The zero-order chi connectivity index (χ0) is 15.6. The maximum absolute atomic E-state index is 14.8. The van der Waals surface area contributed by atoms with Crippen molar-refractivity contribution >= 4 is 15.9 Å². The molecule has 1 fully saturated rings. The first-order chi connectivity index (χ1) is 10.5. The lowest BCUT2D eigenvalue weighted by Crippen LogP contribution is -2.57. The summed E-state index contributed by atoms with van der Waals surface area (Å²) in [5.74, 6) is 0.271. The molecule has 0 spiro atoms. The first-order valence-electron chi connectivity index (χ1n) is 7.68. The molecule has 0 amide bonds. The second kappa shape index (κ2) is 4.68. The number of rotatable bonds is 0. The molecular formula is C18H19BrFNO. The summed E-state index contributed by atoms with van der Waals surface area (Å²) in [6, 6.07) is 5.90. The van der Waals surface area contributed by atoms with Crippen LogP contribution in [0.2, 0.25) is 0 Å². The number of fused-ring (bicyclic) bond motifs is 1. The van der Waals surface area contributed by atoms with Gasteiger partial charge < -0.3 is 5.11 Å². The zero-order valence-electron chi connectivity index (χ0n) is 12.5. The Bertz CT molecular complexity index is 700. The second-order valence-electron chi connectivity index (χ2n) is 6.66. The second-order valence-corrected chi connectivity index (χ2v) is 7.72. The number of phenols is 1. The number of aromatic hydroxyl groups is 1. The van der Waals surface area contributed by atoms with Crippen LogP contribution in [0.15, 0.2) is 42.0 Å². The van der Waals surface area contributed by atoms with Crippen molar-refractivity contribution in [1.29, 1.82) is 0 Å². The number of likely N-dealkylation sites (tertiary alicyclic amines) is 1. The molecule has 2 nitrogen and oxygen atoms in total. The van der Waals surface area contributed by atoms with E-state index < -0.39 is 11.6 Å². The number of piperidine rings is 1. The fraction of sp³-hybridized carbons (Fsp3) is 0.444. The summed E-state index contributed by atoms with van der Waals surface area (Å²) < 4.78 is 14.8. The summed E-state index contributed by atoms with van der Waals surface area (Å²) >= 11 is 3.45. The van der Waals surface area contributed by atoms with Gasteiger partial charge in [0.1, 0.15) is 11.9 Å². The average Bonchev–Trinajstić information content (AvgIpc) is 2.49. The molecule has 0 aromatic heterocycles. The molecular weight excluding hydrogens is 345 g/mol. The number of phenolic OH excluding ortho intramolecular Hbond substituents is 1. The lowest BCUT2D eigenvalue weighted by molar-refractivity contribution is 0.164. The number of nitrogens with zero attached hydrogens (tertiary/aromatic N) is 1. The molecule has 1 aromatic carbocycles. The first-order valence-corrected chi connectivity index (χ1v) is 8.59. The number of hydrogen-bond acceptors (Lipinski definition) is 2. The Kier molecular flexibility index (Phi) is 3.08. The molecule has 2 unspecified atom stereocenters. The van der Waals surface area contributed by atoms with Crippen LogP contribution in [0.3, 0.4) is 0 Å². The minimum absolute atomic E-state index is 0.257. The third-order valence-corrected chi connectivity index (χ3v) is 6.42. The highest BCUT2D eigenvalue weighted by atomic mass is 79.9. The smallest absolute Gasteiger partial charge is 0.138 e. The van der Waals surface area contributed by atoms with Gasteiger partial charge in [-0.25, -0.2) is 4.39 Å². The molecule has 0 saturated carbocycles. The number of alkyl halides is 2. The number of likely N-dealkylation sites (N-methyl/N-ethyl adjacent to an activating group) is 1. The van der Waals surface area contributed by atoms with E-state index in [4.69, 9.17) is 0 Å². The van der Waals surface area contributed by atoms with Gasteiger partial charge in [-0.05, 0) is 49.2 Å². The minimum atomic E-state index is -1.13. The summed E-state index contributed by atoms with van der Waals surface area (Å²) in [7, 11) is 2.12. The van der Waals surface area contributed by atoms with Crippen molar-refractivity contribution in [2.24, 2.45) is 0 Å². The van der Waals surface area contributed by atoms with Crippen LogP contribution in [-0.2, 0) is 11.8 Å². The van der Waals surface area contributed by atoms with Crippen molar-refractivity contribution in [3.8, 4) is 5.75 Å². The van der Waals surface area contributed by atoms with Crippen molar-refractivity contribution in [2.45, 2.75) is 35.3 Å². The molecule has 0 radical (unpaired) electrons. The van der Waals surface area contributed by atoms with Gasteiger partial charge in [-0.1, -0.05) is 40.7 Å². The maximum atomic E-state index is 14.8. The van der Waals surface area contributed by atoms with Gasteiger partial charge in [0, 0.05) is 17.0 Å². The molecule has 2 aliphatic carbocycles. The fourth-order valence-corrected chi connectivity index (χ4v) is 5.21. The molecule has 1 aromatic rings. The van der Waals surface area contributed by atoms with E-state index in [1.54, 1.807) is 6.07 Å². The molecule has 22 heavy (non-hydrogen) atoms. The molecule has 1 heterocycles. The van der Waals surface area contributed by atoms with Crippen LogP contribution < -0.4 is 0 Å². The predicted molar refractivity (Wildman–Crippen MR) is 89.4 cm³/mol. The maximum Gasteiger partial charge on any atom is 0.138 e. The monoisotopic (exact) mass is 363 g/mol. The molecule has 1 aliphatic heterocycles. The Morgan fingerprint density at radius 2 is 2.23 bits per heavy atom. The van der Waals surface area contributed by atoms with Crippen molar-refractivity contribution < 1.29 is 9.50 Å². The van der Waals surface area contributed by atoms with E-state index >= 15 is 0 Å². The zero-order valence-corrected chi connectivity index (χ0v) is 14.1. The van der Waals surface area contributed by atoms with Crippen molar-refractivity contribution in [1.82, 2.24) is 4.90 Å². The van der Waals surface area contributed by atoms with Gasteiger partial charge in [0.25, 0.3) is 0 Å². The van der Waals surface area contributed by atoms with Crippen LogP contribution in [0, 0.1) is 0 Å². The van der Waals surface area contributed by atoms with Crippen LogP contribution in [0.5, 0.6) is 5.75 Å². The van der Waals surface area contributed by atoms with Gasteiger partial charge in [-0.3, -0.25) is 4.90 Å². The number of allylic oxidation sites excluding steroid dienone is 2. The highest BCUT2D eigenvalue weighted by Gasteiger charge is 2.55. The lowest BCUT2D eigenvalue weighted by atomic mass is 9.54. The molecule has 4 rings (SSSR count). The van der Waals surface area contributed by atoms with E-state index in [0.29, 0.717) is 5.57 Å². The summed E-state index contributed by atoms with van der Waals surface area (Å²) in [4.78, 5) is 2.01. The van der Waals surface area contributed by atoms with Crippen molar-refractivity contribution in [3.63, 3.8) is 0 Å². The third-order valence-electron chi connectivity index (χ3n) is 5.69. The predicted octanol–water partition coefficient (Wildman–Crippen LogP) is 3.49. The summed E-state index contributed by atoms with van der Waals surface area (Å²) in [6.45, 7) is 5.01. The Labute approximate surface area is 138 Å². The number of halogens is 2. The summed E-state index contributed by atoms with van der Waals surface area (Å²) in [5, 5.41) is 10.5. The number of hydrogen-bond donors (Lipinski definition) is 1. The Balaban J connectivity index is 2.06. The average molecular weight is 364 g/mol. The normalized spacial score (nSPS) is 37.3. The van der Waals surface area contributed by atoms with E-state index in [0.717, 1.165) is 30.5 Å². The molecule has 116 valence electrons. The van der Waals surface area contributed by atoms with E-state index in [2.05, 4.69) is 40.5 Å². The molecule has 1 N–H and O–H groups in total. The number of benzene rings is 1. The quantitative estimate of drug-likeness (QED) is 0.563.